The van der Waals surface area contributed by atoms with Crippen LogP contribution in [0.3, 0.4) is 0 Å². The van der Waals surface area contributed by atoms with E-state index in [0.29, 0.717) is 10.6 Å². The number of aryl methyl sites for hydroxylation is 1. The first-order valence-electron chi connectivity index (χ1n) is 7.19. The number of anilines is 1. The van der Waals surface area contributed by atoms with Crippen LogP contribution in [0.2, 0.25) is 10.0 Å². The van der Waals surface area contributed by atoms with Gasteiger partial charge >= 0.3 is 5.97 Å². The summed E-state index contributed by atoms with van der Waals surface area (Å²) >= 11 is 11.7. The molecule has 2 rings (SSSR count). The van der Waals surface area contributed by atoms with Crippen molar-refractivity contribution in [2.24, 2.45) is 7.05 Å². The van der Waals surface area contributed by atoms with Crippen molar-refractivity contribution in [3.8, 4) is 0 Å². The van der Waals surface area contributed by atoms with E-state index in [2.05, 4.69) is 10.3 Å². The maximum atomic E-state index is 12.2. The van der Waals surface area contributed by atoms with Crippen molar-refractivity contribution in [1.82, 2.24) is 9.55 Å². The van der Waals surface area contributed by atoms with Crippen LogP contribution in [0, 0.1) is 0 Å². The van der Waals surface area contributed by atoms with Gasteiger partial charge in [-0.1, -0.05) is 23.2 Å². The zero-order chi connectivity index (χ0) is 18.7. The highest BCUT2D eigenvalue weighted by molar-refractivity contribution is 6.36. The molecule has 0 bridgehead atoms. The molecule has 7 nitrogen and oxygen atoms in total. The Balaban J connectivity index is 2.05. The number of nitrogens with zero attached hydrogens (tertiary/aromatic N) is 2. The third-order valence-corrected chi connectivity index (χ3v) is 3.82. The number of rotatable bonds is 5. The molecule has 0 unspecified atom stereocenters. The number of aromatic nitrogens is 2. The first kappa shape index (κ1) is 19.0. The number of hydrogen-bond donors (Lipinski definition) is 1. The van der Waals surface area contributed by atoms with E-state index in [1.54, 1.807) is 7.05 Å². The van der Waals surface area contributed by atoms with Gasteiger partial charge in [-0.3, -0.25) is 9.59 Å². The highest BCUT2D eigenvalue weighted by Crippen LogP contribution is 2.22. The summed E-state index contributed by atoms with van der Waals surface area (Å²) in [7, 11) is 1.60. The average molecular weight is 384 g/mol. The second kappa shape index (κ2) is 7.67. The number of ketones is 1. The fourth-order valence-electron chi connectivity index (χ4n) is 1.96. The van der Waals surface area contributed by atoms with Crippen molar-refractivity contribution >= 4 is 46.7 Å². The lowest BCUT2D eigenvalue weighted by atomic mass is 10.2. The number of amides is 1. The minimum atomic E-state index is -1.10. The van der Waals surface area contributed by atoms with Gasteiger partial charge < -0.3 is 14.6 Å². The minimum Gasteiger partial charge on any atom is -0.448 e. The first-order valence-corrected chi connectivity index (χ1v) is 7.94. The fraction of sp³-hybridized carbons (Fsp3) is 0.250. The zero-order valence-electron chi connectivity index (χ0n) is 13.7. The Morgan fingerprint density at radius 2 is 1.96 bits per heavy atom. The Morgan fingerprint density at radius 3 is 2.52 bits per heavy atom. The molecule has 1 amide bonds. The molecular formula is C16H15Cl2N3O4. The Kier molecular flexibility index (Phi) is 5.81. The molecule has 1 N–H and O–H groups in total. The summed E-state index contributed by atoms with van der Waals surface area (Å²) < 4.78 is 6.59. The van der Waals surface area contributed by atoms with Crippen molar-refractivity contribution in [3.05, 3.63) is 45.8 Å². The standard InChI is InChI=1S/C16H15Cl2N3O4/c1-8(22)10-4-13(21(3)7-10)16(24)25-9(2)15(23)20-14-12(18)5-11(17)6-19-14/h4-7,9H,1-3H3,(H,19,20,23)/t9-/m0/s1. The number of Topliss-reactive ketones (excluding diaryl/α,β-unsaturated/α-hetero) is 1. The first-order chi connectivity index (χ1) is 11.7. The Hall–Kier alpha value is -2.38. The molecule has 0 aliphatic carbocycles. The maximum absolute atomic E-state index is 12.2. The summed E-state index contributed by atoms with van der Waals surface area (Å²) in [6.07, 6.45) is 1.74. The molecule has 2 aromatic heterocycles. The third-order valence-electron chi connectivity index (χ3n) is 3.32. The number of ether oxygens (including phenoxy) is 1. The predicted molar refractivity (Wildman–Crippen MR) is 93.2 cm³/mol. The molecule has 25 heavy (non-hydrogen) atoms. The summed E-state index contributed by atoms with van der Waals surface area (Å²) in [5.74, 6) is -1.40. The molecule has 0 aliphatic heterocycles. The van der Waals surface area contributed by atoms with Gasteiger partial charge in [-0.25, -0.2) is 9.78 Å². The largest absolute Gasteiger partial charge is 0.448 e. The molecule has 0 aromatic carbocycles. The molecule has 0 saturated heterocycles. The Morgan fingerprint density at radius 1 is 1.28 bits per heavy atom. The van der Waals surface area contributed by atoms with Crippen LogP contribution in [0.4, 0.5) is 5.82 Å². The lowest BCUT2D eigenvalue weighted by Crippen LogP contribution is -2.30. The van der Waals surface area contributed by atoms with Crippen molar-refractivity contribution in [1.29, 1.82) is 0 Å². The smallest absolute Gasteiger partial charge is 0.355 e. The van der Waals surface area contributed by atoms with Crippen LogP contribution in [-0.4, -0.2) is 33.3 Å². The summed E-state index contributed by atoms with van der Waals surface area (Å²) in [6, 6.07) is 2.84. The topological polar surface area (TPSA) is 90.3 Å². The lowest BCUT2D eigenvalue weighted by Gasteiger charge is -2.14. The molecule has 0 spiro atoms. The van der Waals surface area contributed by atoms with E-state index in [4.69, 9.17) is 27.9 Å². The lowest BCUT2D eigenvalue weighted by molar-refractivity contribution is -0.123. The second-order valence-electron chi connectivity index (χ2n) is 5.30. The number of esters is 1. The van der Waals surface area contributed by atoms with Crippen LogP contribution < -0.4 is 5.32 Å². The van der Waals surface area contributed by atoms with Gasteiger partial charge in [0, 0.05) is 25.0 Å². The van der Waals surface area contributed by atoms with E-state index in [9.17, 15) is 14.4 Å². The number of hydrogen-bond acceptors (Lipinski definition) is 5. The maximum Gasteiger partial charge on any atom is 0.355 e. The van der Waals surface area contributed by atoms with Gasteiger partial charge in [-0.15, -0.1) is 0 Å². The van der Waals surface area contributed by atoms with Gasteiger partial charge in [-0.2, -0.15) is 0 Å². The van der Waals surface area contributed by atoms with Crippen molar-refractivity contribution in [2.45, 2.75) is 20.0 Å². The van der Waals surface area contributed by atoms with Crippen LogP contribution >= 0.6 is 23.2 Å². The molecule has 0 fully saturated rings. The zero-order valence-corrected chi connectivity index (χ0v) is 15.2. The number of carbonyl (C=O) groups is 3. The van der Waals surface area contributed by atoms with Gasteiger partial charge in [0.05, 0.1) is 10.0 Å². The van der Waals surface area contributed by atoms with E-state index in [1.165, 1.54) is 42.9 Å². The van der Waals surface area contributed by atoms with Crippen molar-refractivity contribution < 1.29 is 19.1 Å². The summed E-state index contributed by atoms with van der Waals surface area (Å²) in [4.78, 5) is 39.6. The number of nitrogens with one attached hydrogen (secondary N) is 1. The molecule has 132 valence electrons. The molecule has 2 aromatic rings. The number of carbonyl (C=O) groups excluding carboxylic acids is 3. The third kappa shape index (κ3) is 4.58. The monoisotopic (exact) mass is 383 g/mol. The van der Waals surface area contributed by atoms with Crippen LogP contribution in [0.1, 0.15) is 34.7 Å². The molecule has 0 saturated carbocycles. The van der Waals surface area contributed by atoms with E-state index in [0.717, 1.165) is 0 Å². The Bertz CT molecular complexity index is 848. The van der Waals surface area contributed by atoms with Crippen LogP contribution in [0.5, 0.6) is 0 Å². The number of pyridine rings is 1. The van der Waals surface area contributed by atoms with E-state index >= 15 is 0 Å². The molecule has 1 atom stereocenters. The summed E-state index contributed by atoms with van der Waals surface area (Å²) in [6.45, 7) is 2.80. The van der Waals surface area contributed by atoms with Gasteiger partial charge in [0.1, 0.15) is 5.69 Å². The van der Waals surface area contributed by atoms with Crippen molar-refractivity contribution in [2.75, 3.05) is 5.32 Å². The quantitative estimate of drug-likeness (QED) is 0.632. The van der Waals surface area contributed by atoms with E-state index in [-0.39, 0.29) is 22.3 Å². The van der Waals surface area contributed by atoms with Crippen LogP contribution in [0.15, 0.2) is 24.5 Å². The second-order valence-corrected chi connectivity index (χ2v) is 6.15. The summed E-state index contributed by atoms with van der Waals surface area (Å²) in [5, 5.41) is 2.94. The Labute approximate surface area is 153 Å². The van der Waals surface area contributed by atoms with E-state index < -0.39 is 18.0 Å². The molecule has 0 radical (unpaired) electrons. The minimum absolute atomic E-state index is 0.108. The van der Waals surface area contributed by atoms with Crippen LogP contribution in [0.25, 0.3) is 0 Å². The number of halogens is 2. The molecule has 2 heterocycles. The van der Waals surface area contributed by atoms with Gasteiger partial charge in [0.15, 0.2) is 17.7 Å². The van der Waals surface area contributed by atoms with Gasteiger partial charge in [-0.05, 0) is 26.0 Å². The van der Waals surface area contributed by atoms with E-state index in [1.807, 2.05) is 0 Å². The van der Waals surface area contributed by atoms with Gasteiger partial charge in [0.25, 0.3) is 5.91 Å². The SMILES string of the molecule is CC(=O)c1cc(C(=O)O[C@@H](C)C(=O)Nc2ncc(Cl)cc2Cl)n(C)c1. The average Bonchev–Trinajstić information content (AvgIpc) is 2.92. The highest BCUT2D eigenvalue weighted by atomic mass is 35.5. The molecule has 9 heteroatoms. The predicted octanol–water partition coefficient (Wildman–Crippen LogP) is 3.11. The highest BCUT2D eigenvalue weighted by Gasteiger charge is 2.22. The molecular weight excluding hydrogens is 369 g/mol. The molecule has 0 aliphatic rings. The normalized spacial score (nSPS) is 11.7. The van der Waals surface area contributed by atoms with Gasteiger partial charge in [0.2, 0.25) is 0 Å². The van der Waals surface area contributed by atoms with Crippen molar-refractivity contribution in [3.63, 3.8) is 0 Å². The fourth-order valence-corrected chi connectivity index (χ4v) is 2.39. The van der Waals surface area contributed by atoms with Crippen LogP contribution in [-0.2, 0) is 16.6 Å². The summed E-state index contributed by atoms with van der Waals surface area (Å²) in [5.41, 5.74) is 0.538.